The maximum atomic E-state index is 5.39. The number of benzene rings is 1. The van der Waals surface area contributed by atoms with Crippen LogP contribution in [0.5, 0.6) is 11.5 Å². The Labute approximate surface area is 116 Å². The van der Waals surface area contributed by atoms with Gasteiger partial charge in [0.1, 0.15) is 0 Å². The molecular formula is C16H25NO2. The molecule has 1 aliphatic rings. The Hall–Kier alpha value is -1.22. The number of ether oxygens (including phenoxy) is 2. The summed E-state index contributed by atoms with van der Waals surface area (Å²) in [4.78, 5) is 0. The van der Waals surface area contributed by atoms with Crippen molar-refractivity contribution in [2.24, 2.45) is 5.92 Å². The molecule has 2 atom stereocenters. The molecule has 1 N–H and O–H groups in total. The van der Waals surface area contributed by atoms with Crippen LogP contribution in [0, 0.1) is 5.92 Å². The summed E-state index contributed by atoms with van der Waals surface area (Å²) in [5, 5.41) is 3.53. The third kappa shape index (κ3) is 2.86. The first-order chi connectivity index (χ1) is 9.01. The van der Waals surface area contributed by atoms with Crippen LogP contribution in [-0.4, -0.2) is 26.8 Å². The fraction of sp³-hybridized carbons (Fsp3) is 0.625. The number of hydrogen-bond donors (Lipinski definition) is 1. The fourth-order valence-electron chi connectivity index (χ4n) is 2.67. The molecule has 1 saturated carbocycles. The first-order valence-corrected chi connectivity index (χ1v) is 6.97. The fourth-order valence-corrected chi connectivity index (χ4v) is 2.67. The molecule has 19 heavy (non-hydrogen) atoms. The van der Waals surface area contributed by atoms with Crippen LogP contribution in [0.25, 0.3) is 0 Å². The highest BCUT2D eigenvalue weighted by atomic mass is 16.5. The number of methoxy groups -OCH3 is 2. The molecule has 0 radical (unpaired) electrons. The van der Waals surface area contributed by atoms with E-state index in [9.17, 15) is 0 Å². The van der Waals surface area contributed by atoms with Gasteiger partial charge in [0.25, 0.3) is 0 Å². The Kier molecular flexibility index (Phi) is 4.04. The summed E-state index contributed by atoms with van der Waals surface area (Å²) in [5.41, 5.74) is 1.63. The Morgan fingerprint density at radius 3 is 2.53 bits per heavy atom. The quantitative estimate of drug-likeness (QED) is 0.856. The monoisotopic (exact) mass is 263 g/mol. The van der Waals surface area contributed by atoms with Crippen molar-refractivity contribution >= 4 is 0 Å². The van der Waals surface area contributed by atoms with Crippen molar-refractivity contribution in [1.82, 2.24) is 5.32 Å². The Morgan fingerprint density at radius 1 is 1.26 bits per heavy atom. The molecule has 1 aromatic rings. The van der Waals surface area contributed by atoms with E-state index in [0.29, 0.717) is 12.0 Å². The molecule has 0 amide bonds. The van der Waals surface area contributed by atoms with Gasteiger partial charge in [0, 0.05) is 6.04 Å². The zero-order valence-corrected chi connectivity index (χ0v) is 12.6. The van der Waals surface area contributed by atoms with Gasteiger partial charge < -0.3 is 14.8 Å². The second kappa shape index (κ2) is 5.41. The molecule has 1 fully saturated rings. The Morgan fingerprint density at radius 2 is 1.95 bits per heavy atom. The van der Waals surface area contributed by atoms with Gasteiger partial charge in [-0.1, -0.05) is 26.8 Å². The smallest absolute Gasteiger partial charge is 0.161 e. The molecule has 1 aromatic carbocycles. The lowest BCUT2D eigenvalue weighted by atomic mass is 9.95. The van der Waals surface area contributed by atoms with Crippen LogP contribution in [-0.2, 0) is 5.41 Å². The van der Waals surface area contributed by atoms with Gasteiger partial charge in [-0.2, -0.15) is 0 Å². The van der Waals surface area contributed by atoms with Crippen molar-refractivity contribution in [2.75, 3.05) is 20.8 Å². The molecule has 0 heterocycles. The first-order valence-electron chi connectivity index (χ1n) is 6.97. The minimum Gasteiger partial charge on any atom is -0.493 e. The van der Waals surface area contributed by atoms with E-state index in [2.05, 4.69) is 38.2 Å². The van der Waals surface area contributed by atoms with E-state index in [-0.39, 0.29) is 5.41 Å². The largest absolute Gasteiger partial charge is 0.493 e. The first kappa shape index (κ1) is 14.2. The predicted molar refractivity (Wildman–Crippen MR) is 78.1 cm³/mol. The zero-order valence-electron chi connectivity index (χ0n) is 12.6. The average Bonchev–Trinajstić information content (AvgIpc) is 3.08. The molecule has 3 nitrogen and oxygen atoms in total. The molecule has 0 bridgehead atoms. The van der Waals surface area contributed by atoms with Crippen LogP contribution >= 0.6 is 0 Å². The summed E-state index contributed by atoms with van der Waals surface area (Å²) in [6.07, 6.45) is 1.24. The van der Waals surface area contributed by atoms with Crippen molar-refractivity contribution in [1.29, 1.82) is 0 Å². The minimum atomic E-state index is 0.279. The van der Waals surface area contributed by atoms with Gasteiger partial charge in [-0.15, -0.1) is 0 Å². The summed E-state index contributed by atoms with van der Waals surface area (Å²) in [6.45, 7) is 7.80. The van der Waals surface area contributed by atoms with Gasteiger partial charge >= 0.3 is 0 Å². The molecule has 0 aromatic heterocycles. The van der Waals surface area contributed by atoms with Gasteiger partial charge in [-0.05, 0) is 42.0 Å². The highest BCUT2D eigenvalue weighted by Crippen LogP contribution is 2.54. The van der Waals surface area contributed by atoms with E-state index in [4.69, 9.17) is 9.47 Å². The second-order valence-corrected chi connectivity index (χ2v) is 5.95. The number of rotatable bonds is 6. The van der Waals surface area contributed by atoms with Crippen molar-refractivity contribution in [3.8, 4) is 11.5 Å². The molecule has 1 aliphatic carbocycles. The SMILES string of the molecule is COc1ccc(C2(C)CC2CNC(C)C)cc1OC. The second-order valence-electron chi connectivity index (χ2n) is 5.95. The van der Waals surface area contributed by atoms with Crippen LogP contribution in [0.3, 0.4) is 0 Å². The highest BCUT2D eigenvalue weighted by molar-refractivity contribution is 5.47. The van der Waals surface area contributed by atoms with E-state index in [1.165, 1.54) is 12.0 Å². The lowest BCUT2D eigenvalue weighted by molar-refractivity contribution is 0.354. The van der Waals surface area contributed by atoms with Crippen molar-refractivity contribution in [3.63, 3.8) is 0 Å². The summed E-state index contributed by atoms with van der Waals surface area (Å²) in [7, 11) is 3.36. The molecule has 3 heteroatoms. The van der Waals surface area contributed by atoms with Gasteiger partial charge in [-0.3, -0.25) is 0 Å². The standard InChI is InChI=1S/C16H25NO2/c1-11(2)17-10-13-9-16(13,3)12-6-7-14(18-4)15(8-12)19-5/h6-8,11,13,17H,9-10H2,1-5H3. The molecule has 2 rings (SSSR count). The lowest BCUT2D eigenvalue weighted by Crippen LogP contribution is -2.26. The van der Waals surface area contributed by atoms with Gasteiger partial charge in [0.05, 0.1) is 14.2 Å². The molecular weight excluding hydrogens is 238 g/mol. The summed E-state index contributed by atoms with van der Waals surface area (Å²) in [5.74, 6) is 2.34. The zero-order chi connectivity index (χ0) is 14.0. The average molecular weight is 263 g/mol. The van der Waals surface area contributed by atoms with Crippen molar-refractivity contribution in [3.05, 3.63) is 23.8 Å². The van der Waals surface area contributed by atoms with E-state index in [0.717, 1.165) is 18.0 Å². The molecule has 0 spiro atoms. The lowest BCUT2D eigenvalue weighted by Gasteiger charge is -2.16. The van der Waals surface area contributed by atoms with E-state index >= 15 is 0 Å². The summed E-state index contributed by atoms with van der Waals surface area (Å²) >= 11 is 0. The van der Waals surface area contributed by atoms with Crippen LogP contribution in [0.15, 0.2) is 18.2 Å². The summed E-state index contributed by atoms with van der Waals surface area (Å²) < 4.78 is 10.7. The predicted octanol–water partition coefficient (Wildman–Crippen LogP) is 2.98. The number of nitrogens with one attached hydrogen (secondary N) is 1. The third-order valence-electron chi connectivity index (χ3n) is 4.23. The maximum absolute atomic E-state index is 5.39. The number of hydrogen-bond acceptors (Lipinski definition) is 3. The summed E-state index contributed by atoms with van der Waals surface area (Å²) in [6, 6.07) is 6.84. The van der Waals surface area contributed by atoms with Gasteiger partial charge in [0.2, 0.25) is 0 Å². The van der Waals surface area contributed by atoms with Crippen molar-refractivity contribution < 1.29 is 9.47 Å². The van der Waals surface area contributed by atoms with Crippen molar-refractivity contribution in [2.45, 2.75) is 38.6 Å². The van der Waals surface area contributed by atoms with Crippen LogP contribution in [0.4, 0.5) is 0 Å². The molecule has 2 unspecified atom stereocenters. The van der Waals surface area contributed by atoms with Crippen LogP contribution < -0.4 is 14.8 Å². The minimum absolute atomic E-state index is 0.279. The van der Waals surface area contributed by atoms with E-state index in [1.807, 2.05) is 6.07 Å². The van der Waals surface area contributed by atoms with E-state index in [1.54, 1.807) is 14.2 Å². The molecule has 106 valence electrons. The van der Waals surface area contributed by atoms with E-state index < -0.39 is 0 Å². The normalized spacial score (nSPS) is 25.5. The van der Waals surface area contributed by atoms with Gasteiger partial charge in [-0.25, -0.2) is 0 Å². The highest BCUT2D eigenvalue weighted by Gasteiger charge is 2.50. The van der Waals surface area contributed by atoms with Crippen LogP contribution in [0.2, 0.25) is 0 Å². The topological polar surface area (TPSA) is 30.5 Å². The molecule has 0 aliphatic heterocycles. The Bertz CT molecular complexity index is 444. The third-order valence-corrected chi connectivity index (χ3v) is 4.23. The van der Waals surface area contributed by atoms with Gasteiger partial charge in [0.15, 0.2) is 11.5 Å². The maximum Gasteiger partial charge on any atom is 0.161 e. The van der Waals surface area contributed by atoms with Crippen LogP contribution in [0.1, 0.15) is 32.8 Å². The molecule has 0 saturated heterocycles. The Balaban J connectivity index is 2.10.